The van der Waals surface area contributed by atoms with Crippen LogP contribution in [0.3, 0.4) is 0 Å². The van der Waals surface area contributed by atoms with E-state index in [9.17, 15) is 0 Å². The molecule has 6 rings (SSSR count). The Morgan fingerprint density at radius 2 is 1.16 bits per heavy atom. The summed E-state index contributed by atoms with van der Waals surface area (Å²) in [4.78, 5) is 0. The van der Waals surface area contributed by atoms with E-state index in [0.29, 0.717) is 24.7 Å². The molecular formula is C46H56O2Si. The third-order valence-electron chi connectivity index (χ3n) is 10.3. The SMILES string of the molecule is CC1=C([Si](C)(C)C2C(C(C)C)=Cc3c(-c4ccc(COC(C)(C)C)cc4)cccc32)c2cccc(-c3ccc(COC(C)(C)C)cc3)c2C1. The summed E-state index contributed by atoms with van der Waals surface area (Å²) in [5.74, 6) is 0.475. The number of allylic oxidation sites excluding steroid dienone is 2. The molecule has 4 aromatic rings. The first kappa shape index (κ1) is 35.3. The number of hydrogen-bond acceptors (Lipinski definition) is 2. The van der Waals surface area contributed by atoms with E-state index in [-0.39, 0.29) is 11.2 Å². The van der Waals surface area contributed by atoms with E-state index in [1.54, 1.807) is 16.3 Å². The Balaban J connectivity index is 1.34. The van der Waals surface area contributed by atoms with Crippen molar-refractivity contribution < 1.29 is 9.47 Å². The monoisotopic (exact) mass is 668 g/mol. The lowest BCUT2D eigenvalue weighted by atomic mass is 9.95. The lowest BCUT2D eigenvalue weighted by Crippen LogP contribution is -2.38. The maximum absolute atomic E-state index is 6.05. The van der Waals surface area contributed by atoms with Crippen molar-refractivity contribution in [2.24, 2.45) is 5.92 Å². The third-order valence-corrected chi connectivity index (χ3v) is 14.4. The van der Waals surface area contributed by atoms with Crippen molar-refractivity contribution in [2.75, 3.05) is 0 Å². The first-order chi connectivity index (χ1) is 23.0. The molecule has 2 aliphatic carbocycles. The average Bonchev–Trinajstić information content (AvgIpc) is 3.61. The van der Waals surface area contributed by atoms with E-state index in [1.165, 1.54) is 55.6 Å². The molecule has 1 unspecified atom stereocenters. The van der Waals surface area contributed by atoms with Gasteiger partial charge in [-0.05, 0) is 116 Å². The molecule has 1 atom stereocenters. The first-order valence-corrected chi connectivity index (χ1v) is 21.2. The fraction of sp³-hybridized carbons (Fsp3) is 0.391. The van der Waals surface area contributed by atoms with Crippen LogP contribution in [-0.2, 0) is 29.1 Å². The zero-order valence-electron chi connectivity index (χ0n) is 31.8. The minimum absolute atomic E-state index is 0.144. The molecule has 0 aromatic heterocycles. The largest absolute Gasteiger partial charge is 0.371 e. The number of rotatable bonds is 9. The molecule has 4 aromatic carbocycles. The molecule has 0 heterocycles. The van der Waals surface area contributed by atoms with Crippen molar-refractivity contribution in [3.05, 3.63) is 129 Å². The number of fused-ring (bicyclic) bond motifs is 2. The van der Waals surface area contributed by atoms with Gasteiger partial charge in [-0.25, -0.2) is 0 Å². The summed E-state index contributed by atoms with van der Waals surface area (Å²) < 4.78 is 12.1. The van der Waals surface area contributed by atoms with Gasteiger partial charge in [-0.15, -0.1) is 0 Å². The smallest absolute Gasteiger partial charge is 0.0930 e. The van der Waals surface area contributed by atoms with Crippen LogP contribution >= 0.6 is 0 Å². The molecule has 0 amide bonds. The van der Waals surface area contributed by atoms with Gasteiger partial charge < -0.3 is 9.47 Å². The predicted molar refractivity (Wildman–Crippen MR) is 212 cm³/mol. The molecule has 2 nitrogen and oxygen atoms in total. The first-order valence-electron chi connectivity index (χ1n) is 18.2. The Morgan fingerprint density at radius 3 is 1.69 bits per heavy atom. The zero-order valence-corrected chi connectivity index (χ0v) is 32.8. The molecule has 0 saturated heterocycles. The van der Waals surface area contributed by atoms with Gasteiger partial charge in [0.25, 0.3) is 0 Å². The van der Waals surface area contributed by atoms with Crippen LogP contribution in [0.4, 0.5) is 0 Å². The molecular weight excluding hydrogens is 613 g/mol. The third kappa shape index (κ3) is 7.36. The maximum Gasteiger partial charge on any atom is 0.0930 e. The van der Waals surface area contributed by atoms with Gasteiger partial charge in [0.05, 0.1) is 32.5 Å². The Bertz CT molecular complexity index is 1890. The Hall–Kier alpha value is -3.50. The summed E-state index contributed by atoms with van der Waals surface area (Å²) in [6.45, 7) is 26.4. The Kier molecular flexibility index (Phi) is 9.60. The second-order valence-corrected chi connectivity index (χ2v) is 21.6. The Morgan fingerprint density at radius 1 is 0.673 bits per heavy atom. The zero-order chi connectivity index (χ0) is 35.3. The fourth-order valence-electron chi connectivity index (χ4n) is 8.05. The van der Waals surface area contributed by atoms with E-state index in [0.717, 1.165) is 6.42 Å². The normalized spacial score (nSPS) is 16.3. The summed E-state index contributed by atoms with van der Waals surface area (Å²) in [5.41, 5.74) is 16.9. The highest BCUT2D eigenvalue weighted by Crippen LogP contribution is 2.54. The van der Waals surface area contributed by atoms with E-state index in [4.69, 9.17) is 9.47 Å². The molecule has 0 radical (unpaired) electrons. The van der Waals surface area contributed by atoms with Gasteiger partial charge >= 0.3 is 0 Å². The molecule has 0 bridgehead atoms. The van der Waals surface area contributed by atoms with Crippen LogP contribution in [0.25, 0.3) is 33.5 Å². The van der Waals surface area contributed by atoms with Crippen LogP contribution < -0.4 is 0 Å². The second kappa shape index (κ2) is 13.3. The number of ether oxygens (including phenoxy) is 2. The van der Waals surface area contributed by atoms with Gasteiger partial charge in [0.1, 0.15) is 0 Å². The Labute approximate surface area is 297 Å². The van der Waals surface area contributed by atoms with Gasteiger partial charge in [-0.2, -0.15) is 0 Å². The number of benzene rings is 4. The summed E-state index contributed by atoms with van der Waals surface area (Å²) >= 11 is 0. The van der Waals surface area contributed by atoms with Crippen LogP contribution in [0, 0.1) is 5.92 Å². The lowest BCUT2D eigenvalue weighted by Gasteiger charge is -2.37. The van der Waals surface area contributed by atoms with Crippen molar-refractivity contribution in [2.45, 2.75) is 112 Å². The van der Waals surface area contributed by atoms with E-state index in [2.05, 4.69) is 166 Å². The van der Waals surface area contributed by atoms with Crippen LogP contribution in [-0.4, -0.2) is 19.3 Å². The summed E-state index contributed by atoms with van der Waals surface area (Å²) in [5, 5.41) is 1.65. The van der Waals surface area contributed by atoms with E-state index in [1.807, 2.05) is 0 Å². The lowest BCUT2D eigenvalue weighted by molar-refractivity contribution is -0.0152. The molecule has 2 aliphatic rings. The predicted octanol–water partition coefficient (Wildman–Crippen LogP) is 12.6. The minimum Gasteiger partial charge on any atom is -0.371 e. The van der Waals surface area contributed by atoms with Crippen LogP contribution in [0.15, 0.2) is 96.1 Å². The molecule has 256 valence electrons. The molecule has 49 heavy (non-hydrogen) atoms. The molecule has 0 N–H and O–H groups in total. The van der Waals surface area contributed by atoms with Gasteiger partial charge in [-0.1, -0.05) is 134 Å². The van der Waals surface area contributed by atoms with Gasteiger partial charge in [-0.3, -0.25) is 0 Å². The van der Waals surface area contributed by atoms with E-state index >= 15 is 0 Å². The van der Waals surface area contributed by atoms with Crippen LogP contribution in [0.1, 0.15) is 101 Å². The molecule has 0 spiro atoms. The average molecular weight is 669 g/mol. The molecule has 3 heteroatoms. The van der Waals surface area contributed by atoms with Crippen molar-refractivity contribution in [1.82, 2.24) is 0 Å². The van der Waals surface area contributed by atoms with Crippen LogP contribution in [0.5, 0.6) is 0 Å². The topological polar surface area (TPSA) is 18.5 Å². The summed E-state index contributed by atoms with van der Waals surface area (Å²) in [6.07, 6.45) is 3.58. The van der Waals surface area contributed by atoms with Crippen molar-refractivity contribution in [3.63, 3.8) is 0 Å². The fourth-order valence-corrected chi connectivity index (χ4v) is 12.7. The molecule has 0 fully saturated rings. The maximum atomic E-state index is 6.05. The highest BCUT2D eigenvalue weighted by molar-refractivity contribution is 6.96. The van der Waals surface area contributed by atoms with Gasteiger partial charge in [0.2, 0.25) is 0 Å². The van der Waals surface area contributed by atoms with Gasteiger partial charge in [0, 0.05) is 5.54 Å². The highest BCUT2D eigenvalue weighted by Gasteiger charge is 2.46. The summed E-state index contributed by atoms with van der Waals surface area (Å²) in [7, 11) is -2.07. The van der Waals surface area contributed by atoms with E-state index < -0.39 is 8.07 Å². The summed E-state index contributed by atoms with van der Waals surface area (Å²) in [6, 6.07) is 32.1. The van der Waals surface area contributed by atoms with Crippen LogP contribution in [0.2, 0.25) is 13.1 Å². The number of hydrogen-bond donors (Lipinski definition) is 0. The molecule has 0 aliphatic heterocycles. The second-order valence-electron chi connectivity index (χ2n) is 17.1. The van der Waals surface area contributed by atoms with Crippen molar-refractivity contribution >= 4 is 19.3 Å². The van der Waals surface area contributed by atoms with Crippen molar-refractivity contribution in [3.8, 4) is 22.3 Å². The van der Waals surface area contributed by atoms with Crippen molar-refractivity contribution in [1.29, 1.82) is 0 Å². The molecule has 0 saturated carbocycles. The standard InChI is InChI=1S/C46H56O2Si/c1-30(2)40-27-42-37(35-24-20-33(21-25-35)29-48-46(7,8)9)15-13-17-39(42)44(40)49(10,11)43-31(3)26-41-36(14-12-16-38(41)43)34-22-18-32(19-23-34)28-47-45(4,5)6/h12-25,27,30,44H,26,28-29H2,1-11H3. The van der Waals surface area contributed by atoms with Gasteiger partial charge in [0.15, 0.2) is 0 Å². The quantitative estimate of drug-likeness (QED) is 0.165. The minimum atomic E-state index is -2.07. The highest BCUT2D eigenvalue weighted by atomic mass is 28.3.